The van der Waals surface area contributed by atoms with Gasteiger partial charge in [0.05, 0.1) is 11.4 Å². The molecule has 0 atom stereocenters. The summed E-state index contributed by atoms with van der Waals surface area (Å²) in [4.78, 5) is 6.44. The summed E-state index contributed by atoms with van der Waals surface area (Å²) in [6, 6.07) is 4.99. The molecule has 0 unspecified atom stereocenters. The van der Waals surface area contributed by atoms with Crippen LogP contribution in [0.1, 0.15) is 17.5 Å². The average molecular weight is 282 g/mol. The molecule has 1 heterocycles. The highest BCUT2D eigenvalue weighted by Crippen LogP contribution is 2.16. The minimum atomic E-state index is -3.66. The lowest BCUT2D eigenvalue weighted by Gasteiger charge is -2.31. The molecule has 1 saturated heterocycles. The van der Waals surface area contributed by atoms with Crippen molar-refractivity contribution >= 4 is 16.0 Å². The fourth-order valence-electron chi connectivity index (χ4n) is 1.95. The monoisotopic (exact) mass is 282 g/mol. The Morgan fingerprint density at radius 2 is 2.11 bits per heavy atom. The van der Waals surface area contributed by atoms with Gasteiger partial charge in [-0.15, -0.1) is 0 Å². The fourth-order valence-corrected chi connectivity index (χ4v) is 2.71. The van der Waals surface area contributed by atoms with Crippen LogP contribution in [0.15, 0.2) is 28.1 Å². The van der Waals surface area contributed by atoms with Gasteiger partial charge >= 0.3 is 0 Å². The lowest BCUT2D eigenvalue weighted by Crippen LogP contribution is -2.46. The normalized spacial score (nSPS) is 16.3. The highest BCUT2D eigenvalue weighted by atomic mass is 32.2. The molecule has 1 aliphatic rings. The van der Waals surface area contributed by atoms with Crippen LogP contribution < -0.4 is 10.9 Å². The minimum absolute atomic E-state index is 0.149. The van der Waals surface area contributed by atoms with Gasteiger partial charge in [0.2, 0.25) is 10.0 Å². The largest absolute Gasteiger partial charge is 0.370 e. The van der Waals surface area contributed by atoms with E-state index < -0.39 is 10.0 Å². The third kappa shape index (κ3) is 3.24. The third-order valence-electron chi connectivity index (χ3n) is 3.15. The number of rotatable bonds is 3. The molecule has 0 bridgehead atoms. The molecule has 0 aliphatic carbocycles. The van der Waals surface area contributed by atoms with E-state index in [1.807, 2.05) is 4.90 Å². The zero-order valence-electron chi connectivity index (χ0n) is 10.8. The summed E-state index contributed by atoms with van der Waals surface area (Å²) in [6.45, 7) is 4.07. The standard InChI is InChI=1S/C12H18N4O2S/c1-9-7-10(3-4-11(9)19(14,17)18)8-15-12(13)16-5-2-6-16/h3-4,7H,2,5-6,8H2,1H3,(H2,13,15)(H2,14,17,18). The Balaban J connectivity index is 2.12. The summed E-state index contributed by atoms with van der Waals surface area (Å²) in [5.74, 6) is 0.541. The van der Waals surface area contributed by atoms with Gasteiger partial charge in [0.1, 0.15) is 0 Å². The van der Waals surface area contributed by atoms with E-state index in [1.54, 1.807) is 19.1 Å². The molecule has 6 nitrogen and oxygen atoms in total. The van der Waals surface area contributed by atoms with Gasteiger partial charge in [-0.25, -0.2) is 18.5 Å². The van der Waals surface area contributed by atoms with Crippen LogP contribution in [0.5, 0.6) is 0 Å². The highest BCUT2D eigenvalue weighted by Gasteiger charge is 2.15. The molecule has 0 radical (unpaired) electrons. The van der Waals surface area contributed by atoms with E-state index in [1.165, 1.54) is 6.07 Å². The summed E-state index contributed by atoms with van der Waals surface area (Å²) >= 11 is 0. The molecule has 0 amide bonds. The number of guanidine groups is 1. The van der Waals surface area contributed by atoms with E-state index in [2.05, 4.69) is 4.99 Å². The van der Waals surface area contributed by atoms with E-state index in [4.69, 9.17) is 10.9 Å². The zero-order chi connectivity index (χ0) is 14.0. The Bertz CT molecular complexity index is 606. The van der Waals surface area contributed by atoms with Crippen LogP contribution >= 0.6 is 0 Å². The fraction of sp³-hybridized carbons (Fsp3) is 0.417. The van der Waals surface area contributed by atoms with Crippen LogP contribution in [0, 0.1) is 6.92 Å². The van der Waals surface area contributed by atoms with Crippen molar-refractivity contribution in [2.75, 3.05) is 13.1 Å². The van der Waals surface area contributed by atoms with Crippen LogP contribution in [-0.4, -0.2) is 32.4 Å². The Morgan fingerprint density at radius 3 is 2.58 bits per heavy atom. The molecule has 0 spiro atoms. The molecule has 1 aliphatic heterocycles. The van der Waals surface area contributed by atoms with Gasteiger partial charge in [-0.3, -0.25) is 0 Å². The third-order valence-corrected chi connectivity index (χ3v) is 4.22. The number of sulfonamides is 1. The number of likely N-dealkylation sites (tertiary alicyclic amines) is 1. The van der Waals surface area contributed by atoms with E-state index in [0.29, 0.717) is 18.1 Å². The maximum Gasteiger partial charge on any atom is 0.238 e. The number of hydrogen-bond acceptors (Lipinski definition) is 3. The first-order valence-electron chi connectivity index (χ1n) is 6.05. The number of aliphatic imine (C=N–C) groups is 1. The molecule has 1 fully saturated rings. The number of primary sulfonamides is 1. The number of nitrogens with zero attached hydrogens (tertiary/aromatic N) is 2. The predicted octanol–water partition coefficient (Wildman–Crippen LogP) is 0.163. The van der Waals surface area contributed by atoms with Gasteiger partial charge in [-0.05, 0) is 30.5 Å². The zero-order valence-corrected chi connectivity index (χ0v) is 11.7. The second kappa shape index (κ2) is 5.18. The van der Waals surface area contributed by atoms with Gasteiger partial charge in [-0.1, -0.05) is 12.1 Å². The summed E-state index contributed by atoms with van der Waals surface area (Å²) in [7, 11) is -3.66. The smallest absolute Gasteiger partial charge is 0.238 e. The van der Waals surface area contributed by atoms with Crippen molar-refractivity contribution in [1.82, 2.24) is 4.90 Å². The Hall–Kier alpha value is -1.60. The quantitative estimate of drug-likeness (QED) is 0.609. The van der Waals surface area contributed by atoms with Gasteiger partial charge in [0.25, 0.3) is 0 Å². The molecule has 1 aromatic carbocycles. The van der Waals surface area contributed by atoms with Crippen molar-refractivity contribution in [2.24, 2.45) is 15.9 Å². The second-order valence-corrected chi connectivity index (χ2v) is 6.19. The topological polar surface area (TPSA) is 102 Å². The lowest BCUT2D eigenvalue weighted by atomic mass is 10.1. The van der Waals surface area contributed by atoms with E-state index in [0.717, 1.165) is 25.1 Å². The van der Waals surface area contributed by atoms with Gasteiger partial charge in [0.15, 0.2) is 5.96 Å². The number of benzene rings is 1. The molecule has 4 N–H and O–H groups in total. The van der Waals surface area contributed by atoms with Gasteiger partial charge < -0.3 is 10.6 Å². The van der Waals surface area contributed by atoms with Crippen molar-refractivity contribution in [3.63, 3.8) is 0 Å². The van der Waals surface area contributed by atoms with Crippen molar-refractivity contribution in [1.29, 1.82) is 0 Å². The van der Waals surface area contributed by atoms with Crippen LogP contribution in [0.2, 0.25) is 0 Å². The van der Waals surface area contributed by atoms with Gasteiger partial charge in [-0.2, -0.15) is 0 Å². The summed E-state index contributed by atoms with van der Waals surface area (Å²) in [6.07, 6.45) is 1.15. The molecule has 7 heteroatoms. The first-order valence-corrected chi connectivity index (χ1v) is 7.60. The Morgan fingerprint density at radius 1 is 1.42 bits per heavy atom. The molecule has 1 aromatic rings. The molecule has 2 rings (SSSR count). The number of hydrogen-bond donors (Lipinski definition) is 2. The SMILES string of the molecule is Cc1cc(CN=C(N)N2CCC2)ccc1S(N)(=O)=O. The van der Waals surface area contributed by atoms with Crippen molar-refractivity contribution in [3.8, 4) is 0 Å². The molecular weight excluding hydrogens is 264 g/mol. The molecule has 0 aromatic heterocycles. The predicted molar refractivity (Wildman–Crippen MR) is 74.1 cm³/mol. The van der Waals surface area contributed by atoms with Crippen molar-refractivity contribution in [2.45, 2.75) is 24.8 Å². The average Bonchev–Trinajstić information content (AvgIpc) is 2.22. The van der Waals surface area contributed by atoms with E-state index in [9.17, 15) is 8.42 Å². The van der Waals surface area contributed by atoms with Crippen molar-refractivity contribution < 1.29 is 8.42 Å². The van der Waals surface area contributed by atoms with Crippen LogP contribution in [-0.2, 0) is 16.6 Å². The molecule has 104 valence electrons. The molecule has 19 heavy (non-hydrogen) atoms. The Labute approximate surface area is 113 Å². The maximum atomic E-state index is 11.3. The Kier molecular flexibility index (Phi) is 3.77. The van der Waals surface area contributed by atoms with Gasteiger partial charge in [0, 0.05) is 13.1 Å². The van der Waals surface area contributed by atoms with Crippen LogP contribution in [0.3, 0.4) is 0 Å². The van der Waals surface area contributed by atoms with E-state index >= 15 is 0 Å². The molecular formula is C12H18N4O2S. The minimum Gasteiger partial charge on any atom is -0.370 e. The maximum absolute atomic E-state index is 11.3. The number of aryl methyl sites for hydroxylation is 1. The highest BCUT2D eigenvalue weighted by molar-refractivity contribution is 7.89. The summed E-state index contributed by atoms with van der Waals surface area (Å²) in [5.41, 5.74) is 7.36. The lowest BCUT2D eigenvalue weighted by molar-refractivity contribution is 0.295. The first-order chi connectivity index (χ1) is 8.88. The van der Waals surface area contributed by atoms with Crippen LogP contribution in [0.25, 0.3) is 0 Å². The molecule has 0 saturated carbocycles. The number of nitrogens with two attached hydrogens (primary N) is 2. The summed E-state index contributed by atoms with van der Waals surface area (Å²) < 4.78 is 22.6. The first kappa shape index (κ1) is 13.8. The van der Waals surface area contributed by atoms with E-state index in [-0.39, 0.29) is 4.90 Å². The van der Waals surface area contributed by atoms with Crippen molar-refractivity contribution in [3.05, 3.63) is 29.3 Å². The summed E-state index contributed by atoms with van der Waals surface area (Å²) in [5, 5.41) is 5.11. The van der Waals surface area contributed by atoms with Crippen LogP contribution in [0.4, 0.5) is 0 Å². The second-order valence-electron chi connectivity index (χ2n) is 4.66.